The number of benzene rings is 1. The molecule has 0 saturated carbocycles. The quantitative estimate of drug-likeness (QED) is 0.932. The number of nitrogens with two attached hydrogens (primary N) is 1. The van der Waals surface area contributed by atoms with Gasteiger partial charge in [-0.15, -0.1) is 12.4 Å². The molecule has 0 radical (unpaired) electrons. The Balaban J connectivity index is 0.00000180. The van der Waals surface area contributed by atoms with Crippen LogP contribution in [0.25, 0.3) is 0 Å². The largest absolute Gasteiger partial charge is 0.336 e. The monoisotopic (exact) mass is 302 g/mol. The van der Waals surface area contributed by atoms with E-state index in [0.29, 0.717) is 6.42 Å². The molecule has 2 rings (SSSR count). The summed E-state index contributed by atoms with van der Waals surface area (Å²) in [4.78, 5) is 14.1. The first-order valence-corrected chi connectivity index (χ1v) is 6.76. The zero-order valence-corrected chi connectivity index (χ0v) is 12.6. The van der Waals surface area contributed by atoms with E-state index in [9.17, 15) is 4.79 Å². The highest BCUT2D eigenvalue weighted by Gasteiger charge is 2.29. The third-order valence-electron chi connectivity index (χ3n) is 3.30. The highest BCUT2D eigenvalue weighted by atomic mass is 35.5. The molecule has 1 heterocycles. The second kappa shape index (κ2) is 7.13. The normalized spacial score (nSPS) is 19.9. The van der Waals surface area contributed by atoms with Gasteiger partial charge in [0.05, 0.1) is 6.04 Å². The van der Waals surface area contributed by atoms with E-state index in [4.69, 9.17) is 17.3 Å². The summed E-state index contributed by atoms with van der Waals surface area (Å²) in [6, 6.07) is 7.85. The Morgan fingerprint density at radius 1 is 1.58 bits per heavy atom. The fraction of sp³-hybridized carbons (Fsp3) is 0.500. The summed E-state index contributed by atoms with van der Waals surface area (Å²) < 4.78 is 0. The van der Waals surface area contributed by atoms with E-state index in [-0.39, 0.29) is 30.4 Å². The zero-order valence-electron chi connectivity index (χ0n) is 11.0. The van der Waals surface area contributed by atoms with Crippen molar-refractivity contribution < 1.29 is 4.79 Å². The maximum atomic E-state index is 12.1. The first-order chi connectivity index (χ1) is 8.58. The molecule has 0 bridgehead atoms. The van der Waals surface area contributed by atoms with E-state index in [2.05, 4.69) is 0 Å². The highest BCUT2D eigenvalue weighted by Crippen LogP contribution is 2.33. The minimum absolute atomic E-state index is 0. The van der Waals surface area contributed by atoms with Crippen LogP contribution in [0.15, 0.2) is 24.3 Å². The standard InChI is InChI=1S/C14H19ClN2O.ClH/c1-10(16)8-14(18)17-7-3-6-13(17)11-4-2-5-12(15)9-11;/h2,4-5,9-10,13H,3,6-8,16H2,1H3;1H. The predicted molar refractivity (Wildman–Crippen MR) is 80.7 cm³/mol. The van der Waals surface area contributed by atoms with Gasteiger partial charge in [0.15, 0.2) is 0 Å². The summed E-state index contributed by atoms with van der Waals surface area (Å²) in [7, 11) is 0. The molecule has 3 nitrogen and oxygen atoms in total. The van der Waals surface area contributed by atoms with Crippen molar-refractivity contribution in [1.82, 2.24) is 4.90 Å². The van der Waals surface area contributed by atoms with Crippen molar-refractivity contribution in [1.29, 1.82) is 0 Å². The second-order valence-corrected chi connectivity index (χ2v) is 5.42. The Kier molecular flexibility index (Phi) is 6.11. The van der Waals surface area contributed by atoms with Crippen LogP contribution in [-0.2, 0) is 4.79 Å². The van der Waals surface area contributed by atoms with E-state index in [0.717, 1.165) is 30.0 Å². The fourth-order valence-electron chi connectivity index (χ4n) is 2.52. The Bertz CT molecular complexity index is 437. The smallest absolute Gasteiger partial charge is 0.224 e. The van der Waals surface area contributed by atoms with Crippen LogP contribution < -0.4 is 5.73 Å². The Morgan fingerprint density at radius 2 is 2.32 bits per heavy atom. The Morgan fingerprint density at radius 3 is 2.95 bits per heavy atom. The van der Waals surface area contributed by atoms with Gasteiger partial charge in [0.1, 0.15) is 0 Å². The van der Waals surface area contributed by atoms with Crippen molar-refractivity contribution in [3.63, 3.8) is 0 Å². The number of carbonyl (C=O) groups excluding carboxylic acids is 1. The van der Waals surface area contributed by atoms with Crippen molar-refractivity contribution in [3.05, 3.63) is 34.9 Å². The molecule has 2 unspecified atom stereocenters. The molecule has 0 aliphatic carbocycles. The van der Waals surface area contributed by atoms with Crippen LogP contribution in [-0.4, -0.2) is 23.4 Å². The molecule has 0 aromatic heterocycles. The summed E-state index contributed by atoms with van der Waals surface area (Å²) in [6.07, 6.45) is 2.46. The number of amides is 1. The maximum Gasteiger partial charge on any atom is 0.224 e. The van der Waals surface area contributed by atoms with Crippen molar-refractivity contribution in [2.24, 2.45) is 5.73 Å². The van der Waals surface area contributed by atoms with Gasteiger partial charge in [0.25, 0.3) is 0 Å². The summed E-state index contributed by atoms with van der Waals surface area (Å²) >= 11 is 6.01. The first-order valence-electron chi connectivity index (χ1n) is 6.38. The lowest BCUT2D eigenvalue weighted by atomic mass is 10.0. The summed E-state index contributed by atoms with van der Waals surface area (Å²) in [6.45, 7) is 2.69. The molecule has 5 heteroatoms. The molecule has 1 aromatic rings. The summed E-state index contributed by atoms with van der Waals surface area (Å²) in [5, 5.41) is 0.721. The zero-order chi connectivity index (χ0) is 13.1. The lowest BCUT2D eigenvalue weighted by molar-refractivity contribution is -0.132. The average molecular weight is 303 g/mol. The Labute approximate surface area is 125 Å². The second-order valence-electron chi connectivity index (χ2n) is 4.98. The molecule has 1 amide bonds. The van der Waals surface area contributed by atoms with E-state index in [1.165, 1.54) is 0 Å². The van der Waals surface area contributed by atoms with Gasteiger partial charge >= 0.3 is 0 Å². The fourth-order valence-corrected chi connectivity index (χ4v) is 2.72. The molecular formula is C14H20Cl2N2O. The minimum Gasteiger partial charge on any atom is -0.336 e. The molecule has 19 heavy (non-hydrogen) atoms. The number of carbonyl (C=O) groups is 1. The molecule has 1 aliphatic rings. The van der Waals surface area contributed by atoms with E-state index < -0.39 is 0 Å². The van der Waals surface area contributed by atoms with Crippen LogP contribution in [0.5, 0.6) is 0 Å². The first kappa shape index (κ1) is 16.3. The van der Waals surface area contributed by atoms with Gasteiger partial charge in [-0.25, -0.2) is 0 Å². The minimum atomic E-state index is -0.0851. The van der Waals surface area contributed by atoms with Crippen LogP contribution in [0, 0.1) is 0 Å². The van der Waals surface area contributed by atoms with Crippen LogP contribution in [0.4, 0.5) is 0 Å². The molecule has 2 atom stereocenters. The molecule has 1 aromatic carbocycles. The SMILES string of the molecule is CC(N)CC(=O)N1CCCC1c1cccc(Cl)c1.Cl. The molecule has 106 valence electrons. The van der Waals surface area contributed by atoms with Crippen LogP contribution in [0.1, 0.15) is 37.8 Å². The third kappa shape index (κ3) is 4.10. The van der Waals surface area contributed by atoms with Crippen molar-refractivity contribution in [3.8, 4) is 0 Å². The Hall–Kier alpha value is -0.770. The molecular weight excluding hydrogens is 283 g/mol. The van der Waals surface area contributed by atoms with Crippen LogP contribution >= 0.6 is 24.0 Å². The molecule has 2 N–H and O–H groups in total. The lowest BCUT2D eigenvalue weighted by Gasteiger charge is -2.26. The van der Waals surface area contributed by atoms with Gasteiger partial charge in [-0.2, -0.15) is 0 Å². The third-order valence-corrected chi connectivity index (χ3v) is 3.54. The van der Waals surface area contributed by atoms with Crippen LogP contribution in [0.2, 0.25) is 5.02 Å². The van der Waals surface area contributed by atoms with Gasteiger partial charge in [0.2, 0.25) is 5.91 Å². The average Bonchev–Trinajstić information content (AvgIpc) is 2.76. The number of hydrogen-bond donors (Lipinski definition) is 1. The molecule has 1 saturated heterocycles. The summed E-state index contributed by atoms with van der Waals surface area (Å²) in [5.41, 5.74) is 6.82. The molecule has 0 spiro atoms. The van der Waals surface area contributed by atoms with Crippen LogP contribution in [0.3, 0.4) is 0 Å². The lowest BCUT2D eigenvalue weighted by Crippen LogP contribution is -2.34. The van der Waals surface area contributed by atoms with Crippen molar-refractivity contribution in [2.45, 2.75) is 38.3 Å². The van der Waals surface area contributed by atoms with E-state index in [1.54, 1.807) is 0 Å². The van der Waals surface area contributed by atoms with Crippen molar-refractivity contribution in [2.75, 3.05) is 6.54 Å². The van der Waals surface area contributed by atoms with Gasteiger partial charge in [-0.3, -0.25) is 4.79 Å². The number of rotatable bonds is 3. The summed E-state index contributed by atoms with van der Waals surface area (Å²) in [5.74, 6) is 0.146. The van der Waals surface area contributed by atoms with Crippen molar-refractivity contribution >= 4 is 29.9 Å². The molecule has 1 aliphatic heterocycles. The number of nitrogens with zero attached hydrogens (tertiary/aromatic N) is 1. The number of hydrogen-bond acceptors (Lipinski definition) is 2. The number of likely N-dealkylation sites (tertiary alicyclic amines) is 1. The maximum absolute atomic E-state index is 12.1. The topological polar surface area (TPSA) is 46.3 Å². The van der Waals surface area contributed by atoms with Gasteiger partial charge in [-0.05, 0) is 37.5 Å². The van der Waals surface area contributed by atoms with Gasteiger partial charge < -0.3 is 10.6 Å². The van der Waals surface area contributed by atoms with Gasteiger partial charge in [-0.1, -0.05) is 23.7 Å². The van der Waals surface area contributed by atoms with E-state index >= 15 is 0 Å². The van der Waals surface area contributed by atoms with E-state index in [1.807, 2.05) is 36.1 Å². The molecule has 1 fully saturated rings. The number of halogens is 2. The highest BCUT2D eigenvalue weighted by molar-refractivity contribution is 6.30. The van der Waals surface area contributed by atoms with Gasteiger partial charge in [0, 0.05) is 24.0 Å². The predicted octanol–water partition coefficient (Wildman–Crippen LogP) is 3.16.